The summed E-state index contributed by atoms with van der Waals surface area (Å²) in [4.78, 5) is 12.0. The van der Waals surface area contributed by atoms with Gasteiger partial charge in [0.15, 0.2) is 0 Å². The summed E-state index contributed by atoms with van der Waals surface area (Å²) in [7, 11) is -2.68. The topological polar surface area (TPSA) is 85.6 Å². The first kappa shape index (κ1) is 19.9. The van der Waals surface area contributed by atoms with Gasteiger partial charge in [0.05, 0.1) is 12.0 Å². The van der Waals surface area contributed by atoms with E-state index in [0.717, 1.165) is 15.2 Å². The number of hydrogen-bond acceptors (Lipinski definition) is 5. The summed E-state index contributed by atoms with van der Waals surface area (Å²) in [6.07, 6.45) is 0.340. The molecule has 0 unspecified atom stereocenters. The number of carbonyl (C=O) groups is 1. The predicted molar refractivity (Wildman–Crippen MR) is 107 cm³/mol. The third-order valence-corrected chi connectivity index (χ3v) is 6.17. The standard InChI is InChI=1S/C19H20BrNO5S/c1-11(2)8-16(19(22)25-3)21-27(23,24)13-5-6-14-15-9-12(20)4-7-17(15)26-18(14)10-13/h4-7,9-11,16,21H,8H2,1-3H3/t16-/m0/s1. The Balaban J connectivity index is 1.99. The molecule has 0 aliphatic heterocycles. The first-order valence-corrected chi connectivity index (χ1v) is 10.7. The van der Waals surface area contributed by atoms with E-state index in [1.807, 2.05) is 32.0 Å². The number of nitrogens with one attached hydrogen (secondary N) is 1. The number of sulfonamides is 1. The van der Waals surface area contributed by atoms with Gasteiger partial charge in [-0.3, -0.25) is 4.79 Å². The van der Waals surface area contributed by atoms with Crippen LogP contribution >= 0.6 is 15.9 Å². The van der Waals surface area contributed by atoms with Gasteiger partial charge in [0.2, 0.25) is 10.0 Å². The van der Waals surface area contributed by atoms with Crippen molar-refractivity contribution in [3.05, 3.63) is 40.9 Å². The number of halogens is 1. The van der Waals surface area contributed by atoms with Crippen LogP contribution in [0.1, 0.15) is 20.3 Å². The number of rotatable bonds is 6. The Kier molecular flexibility index (Phi) is 5.60. The molecule has 0 fully saturated rings. The smallest absolute Gasteiger partial charge is 0.323 e. The molecule has 1 atom stereocenters. The van der Waals surface area contributed by atoms with Gasteiger partial charge in [0.1, 0.15) is 17.2 Å². The van der Waals surface area contributed by atoms with Crippen LogP contribution in [0.25, 0.3) is 21.9 Å². The molecule has 0 aliphatic rings. The van der Waals surface area contributed by atoms with Crippen molar-refractivity contribution < 1.29 is 22.4 Å². The zero-order valence-electron chi connectivity index (χ0n) is 15.2. The molecule has 0 spiro atoms. The summed E-state index contributed by atoms with van der Waals surface area (Å²) in [5, 5.41) is 1.71. The van der Waals surface area contributed by atoms with Crippen molar-refractivity contribution in [1.29, 1.82) is 0 Å². The Morgan fingerprint density at radius 3 is 2.56 bits per heavy atom. The monoisotopic (exact) mass is 453 g/mol. The van der Waals surface area contributed by atoms with Crippen LogP contribution in [0.3, 0.4) is 0 Å². The van der Waals surface area contributed by atoms with E-state index in [1.54, 1.807) is 6.07 Å². The Labute approximate surface area is 166 Å². The van der Waals surface area contributed by atoms with Crippen molar-refractivity contribution in [1.82, 2.24) is 4.72 Å². The molecular formula is C19H20BrNO5S. The number of ether oxygens (including phenoxy) is 1. The second-order valence-corrected chi connectivity index (χ2v) is 9.36. The SMILES string of the molecule is COC(=O)[C@H](CC(C)C)NS(=O)(=O)c1ccc2c(c1)oc1ccc(Br)cc12. The molecule has 0 aliphatic carbocycles. The largest absolute Gasteiger partial charge is 0.468 e. The Bertz CT molecular complexity index is 1100. The Morgan fingerprint density at radius 1 is 1.15 bits per heavy atom. The van der Waals surface area contributed by atoms with Crippen LogP contribution in [0.5, 0.6) is 0 Å². The molecule has 1 heterocycles. The van der Waals surface area contributed by atoms with Crippen molar-refractivity contribution in [2.45, 2.75) is 31.2 Å². The molecular weight excluding hydrogens is 434 g/mol. The zero-order chi connectivity index (χ0) is 19.8. The molecule has 0 radical (unpaired) electrons. The molecule has 0 bridgehead atoms. The summed E-state index contributed by atoms with van der Waals surface area (Å²) < 4.78 is 39.4. The molecule has 0 saturated heterocycles. The summed E-state index contributed by atoms with van der Waals surface area (Å²) in [5.74, 6) is -0.491. The minimum atomic E-state index is -3.92. The van der Waals surface area contributed by atoms with Crippen LogP contribution in [-0.4, -0.2) is 27.5 Å². The number of furan rings is 1. The maximum absolute atomic E-state index is 12.8. The van der Waals surface area contributed by atoms with E-state index in [2.05, 4.69) is 20.7 Å². The lowest BCUT2D eigenvalue weighted by Gasteiger charge is -2.18. The van der Waals surface area contributed by atoms with Gasteiger partial charge in [-0.15, -0.1) is 0 Å². The minimum Gasteiger partial charge on any atom is -0.468 e. The van der Waals surface area contributed by atoms with Crippen molar-refractivity contribution in [3.63, 3.8) is 0 Å². The van der Waals surface area contributed by atoms with Gasteiger partial charge in [0, 0.05) is 21.3 Å². The van der Waals surface area contributed by atoms with Crippen molar-refractivity contribution in [2.24, 2.45) is 5.92 Å². The number of methoxy groups -OCH3 is 1. The average Bonchev–Trinajstić information content (AvgIpc) is 2.97. The Morgan fingerprint density at radius 2 is 1.89 bits per heavy atom. The molecule has 6 nitrogen and oxygen atoms in total. The third-order valence-electron chi connectivity index (χ3n) is 4.21. The van der Waals surface area contributed by atoms with E-state index in [1.165, 1.54) is 19.2 Å². The predicted octanol–water partition coefficient (Wildman–Crippen LogP) is 4.21. The van der Waals surface area contributed by atoms with Crippen LogP contribution in [0.15, 0.2) is 50.2 Å². The van der Waals surface area contributed by atoms with E-state index in [-0.39, 0.29) is 10.8 Å². The fourth-order valence-electron chi connectivity index (χ4n) is 2.96. The van der Waals surface area contributed by atoms with E-state index in [9.17, 15) is 13.2 Å². The number of benzene rings is 2. The second kappa shape index (κ2) is 7.61. The molecule has 0 saturated carbocycles. The first-order valence-electron chi connectivity index (χ1n) is 8.43. The molecule has 8 heteroatoms. The van der Waals surface area contributed by atoms with Gasteiger partial charge < -0.3 is 9.15 Å². The van der Waals surface area contributed by atoms with Gasteiger partial charge in [-0.25, -0.2) is 8.42 Å². The highest BCUT2D eigenvalue weighted by atomic mass is 79.9. The second-order valence-electron chi connectivity index (χ2n) is 6.73. The van der Waals surface area contributed by atoms with E-state index in [0.29, 0.717) is 17.6 Å². The highest BCUT2D eigenvalue weighted by Crippen LogP contribution is 2.32. The highest BCUT2D eigenvalue weighted by Gasteiger charge is 2.27. The molecule has 0 amide bonds. The normalized spacial score (nSPS) is 13.4. The van der Waals surface area contributed by atoms with Gasteiger partial charge in [-0.2, -0.15) is 4.72 Å². The molecule has 144 valence electrons. The van der Waals surface area contributed by atoms with E-state index >= 15 is 0 Å². The minimum absolute atomic E-state index is 0.0331. The number of carbonyl (C=O) groups excluding carboxylic acids is 1. The van der Waals surface area contributed by atoms with Crippen LogP contribution < -0.4 is 4.72 Å². The van der Waals surface area contributed by atoms with Gasteiger partial charge in [-0.05, 0) is 42.7 Å². The maximum atomic E-state index is 12.8. The lowest BCUT2D eigenvalue weighted by molar-refractivity contribution is -0.143. The first-order chi connectivity index (χ1) is 12.7. The summed E-state index contributed by atoms with van der Waals surface area (Å²) >= 11 is 3.42. The van der Waals surface area contributed by atoms with E-state index < -0.39 is 22.0 Å². The Hall–Kier alpha value is -1.90. The third kappa shape index (κ3) is 4.17. The van der Waals surface area contributed by atoms with Gasteiger partial charge in [-0.1, -0.05) is 29.8 Å². The van der Waals surface area contributed by atoms with Crippen LogP contribution in [-0.2, 0) is 19.6 Å². The summed E-state index contributed by atoms with van der Waals surface area (Å²) in [6.45, 7) is 3.81. The van der Waals surface area contributed by atoms with Crippen LogP contribution in [0, 0.1) is 5.92 Å². The molecule has 3 rings (SSSR count). The lowest BCUT2D eigenvalue weighted by atomic mass is 10.1. The lowest BCUT2D eigenvalue weighted by Crippen LogP contribution is -2.42. The molecule has 1 N–H and O–H groups in total. The fourth-order valence-corrected chi connectivity index (χ4v) is 4.53. The molecule has 3 aromatic rings. The molecule has 2 aromatic carbocycles. The number of fused-ring (bicyclic) bond motifs is 3. The number of esters is 1. The fraction of sp³-hybridized carbons (Fsp3) is 0.316. The van der Waals surface area contributed by atoms with Gasteiger partial charge >= 0.3 is 5.97 Å². The van der Waals surface area contributed by atoms with Crippen LogP contribution in [0.2, 0.25) is 0 Å². The van der Waals surface area contributed by atoms with Crippen molar-refractivity contribution in [3.8, 4) is 0 Å². The average molecular weight is 454 g/mol. The van der Waals surface area contributed by atoms with Crippen molar-refractivity contribution in [2.75, 3.05) is 7.11 Å². The van der Waals surface area contributed by atoms with Crippen LogP contribution in [0.4, 0.5) is 0 Å². The zero-order valence-corrected chi connectivity index (χ0v) is 17.6. The van der Waals surface area contributed by atoms with Gasteiger partial charge in [0.25, 0.3) is 0 Å². The van der Waals surface area contributed by atoms with E-state index in [4.69, 9.17) is 9.15 Å². The maximum Gasteiger partial charge on any atom is 0.323 e. The molecule has 27 heavy (non-hydrogen) atoms. The highest BCUT2D eigenvalue weighted by molar-refractivity contribution is 9.10. The summed E-state index contributed by atoms with van der Waals surface area (Å²) in [6, 6.07) is 9.33. The quantitative estimate of drug-likeness (QED) is 0.564. The molecule has 1 aromatic heterocycles. The summed E-state index contributed by atoms with van der Waals surface area (Å²) in [5.41, 5.74) is 1.13. The number of hydrogen-bond donors (Lipinski definition) is 1. The van der Waals surface area contributed by atoms with Crippen molar-refractivity contribution >= 4 is 53.9 Å².